The van der Waals surface area contributed by atoms with E-state index in [0.29, 0.717) is 43.2 Å². The van der Waals surface area contributed by atoms with Crippen molar-refractivity contribution in [3.63, 3.8) is 0 Å². The molecule has 4 rings (SSSR count). The molecular formula is C24H32ClN5O5S. The van der Waals surface area contributed by atoms with E-state index in [4.69, 9.17) is 16.3 Å². The van der Waals surface area contributed by atoms with Crippen LogP contribution < -0.4 is 10.9 Å². The fraction of sp³-hybridized carbons (Fsp3) is 0.542. The van der Waals surface area contributed by atoms with Crippen molar-refractivity contribution in [2.45, 2.75) is 36.6 Å². The molecular weight excluding hydrogens is 506 g/mol. The molecule has 2 saturated heterocycles. The van der Waals surface area contributed by atoms with Crippen LogP contribution in [0, 0.1) is 5.92 Å². The van der Waals surface area contributed by atoms with Crippen LogP contribution in [-0.4, -0.2) is 80.3 Å². The topological polar surface area (TPSA) is 114 Å². The lowest BCUT2D eigenvalue weighted by atomic mass is 10.0. The summed E-state index contributed by atoms with van der Waals surface area (Å²) >= 11 is 6.37. The highest BCUT2D eigenvalue weighted by Crippen LogP contribution is 2.27. The third-order valence-electron chi connectivity index (χ3n) is 6.69. The summed E-state index contributed by atoms with van der Waals surface area (Å²) in [5.74, 6) is 0.175. The Bertz CT molecular complexity index is 1230. The van der Waals surface area contributed by atoms with Crippen molar-refractivity contribution >= 4 is 33.2 Å². The van der Waals surface area contributed by atoms with Gasteiger partial charge in [0.1, 0.15) is 5.02 Å². The minimum atomic E-state index is -3.72. The molecule has 1 aromatic carbocycles. The van der Waals surface area contributed by atoms with E-state index < -0.39 is 10.0 Å². The molecule has 0 spiro atoms. The number of amides is 1. The SMILES string of the molecule is CN(C)C(=O)c1ccc(S(=O)(=O)N2CCC(n3ncc(NC[C@H]4CCCOC4)c(Cl)c3=O)CC2)cc1. The molecule has 10 nitrogen and oxygen atoms in total. The highest BCUT2D eigenvalue weighted by atomic mass is 35.5. The van der Waals surface area contributed by atoms with Crippen molar-refractivity contribution < 1.29 is 17.9 Å². The van der Waals surface area contributed by atoms with Crippen molar-refractivity contribution in [2.75, 3.05) is 52.3 Å². The lowest BCUT2D eigenvalue weighted by Crippen LogP contribution is -2.41. The zero-order valence-electron chi connectivity index (χ0n) is 20.5. The van der Waals surface area contributed by atoms with Crippen LogP contribution in [0.1, 0.15) is 42.1 Å². The molecule has 0 radical (unpaired) electrons. The van der Waals surface area contributed by atoms with Gasteiger partial charge in [0.05, 0.1) is 29.4 Å². The van der Waals surface area contributed by atoms with Gasteiger partial charge in [-0.3, -0.25) is 9.59 Å². The van der Waals surface area contributed by atoms with E-state index in [2.05, 4.69) is 10.4 Å². The molecule has 0 bridgehead atoms. The molecule has 2 aliphatic rings. The van der Waals surface area contributed by atoms with Crippen LogP contribution >= 0.6 is 11.6 Å². The van der Waals surface area contributed by atoms with Crippen molar-refractivity contribution in [2.24, 2.45) is 5.92 Å². The lowest BCUT2D eigenvalue weighted by Gasteiger charge is -2.31. The van der Waals surface area contributed by atoms with Crippen LogP contribution in [0.4, 0.5) is 5.69 Å². The van der Waals surface area contributed by atoms with E-state index in [0.717, 1.165) is 19.4 Å². The number of benzene rings is 1. The van der Waals surface area contributed by atoms with Crippen LogP contribution in [0.5, 0.6) is 0 Å². The predicted octanol–water partition coefficient (Wildman–Crippen LogP) is 2.46. The Balaban J connectivity index is 1.39. The molecule has 196 valence electrons. The van der Waals surface area contributed by atoms with Gasteiger partial charge >= 0.3 is 0 Å². The van der Waals surface area contributed by atoms with Crippen LogP contribution in [-0.2, 0) is 14.8 Å². The Hall–Kier alpha value is -2.47. The first-order valence-electron chi connectivity index (χ1n) is 12.1. The second-order valence-corrected chi connectivity index (χ2v) is 11.8. The number of rotatable bonds is 7. The number of nitrogens with one attached hydrogen (secondary N) is 1. The van der Waals surface area contributed by atoms with E-state index in [-0.39, 0.29) is 40.5 Å². The molecule has 1 amide bonds. The van der Waals surface area contributed by atoms with Gasteiger partial charge in [0, 0.05) is 45.9 Å². The molecule has 0 aliphatic carbocycles. The molecule has 2 aromatic rings. The van der Waals surface area contributed by atoms with Crippen molar-refractivity contribution in [1.82, 2.24) is 19.0 Å². The third-order valence-corrected chi connectivity index (χ3v) is 8.97. The number of anilines is 1. The van der Waals surface area contributed by atoms with E-state index in [1.807, 2.05) is 0 Å². The zero-order valence-corrected chi connectivity index (χ0v) is 22.1. The largest absolute Gasteiger partial charge is 0.382 e. The van der Waals surface area contributed by atoms with Gasteiger partial charge < -0.3 is 15.0 Å². The van der Waals surface area contributed by atoms with Crippen molar-refractivity contribution in [3.8, 4) is 0 Å². The molecule has 2 aliphatic heterocycles. The van der Waals surface area contributed by atoms with E-state index in [1.165, 1.54) is 38.2 Å². The fourth-order valence-electron chi connectivity index (χ4n) is 4.55. The Morgan fingerprint density at radius 1 is 1.19 bits per heavy atom. The Kier molecular flexibility index (Phi) is 8.34. The van der Waals surface area contributed by atoms with E-state index in [9.17, 15) is 18.0 Å². The van der Waals surface area contributed by atoms with Gasteiger partial charge in [0.2, 0.25) is 10.0 Å². The van der Waals surface area contributed by atoms with Gasteiger partial charge in [0.15, 0.2) is 0 Å². The highest BCUT2D eigenvalue weighted by Gasteiger charge is 2.31. The van der Waals surface area contributed by atoms with E-state index in [1.54, 1.807) is 20.3 Å². The second-order valence-electron chi connectivity index (χ2n) is 9.45. The number of carbonyl (C=O) groups excluding carboxylic acids is 1. The third kappa shape index (κ3) is 5.74. The predicted molar refractivity (Wildman–Crippen MR) is 137 cm³/mol. The first-order chi connectivity index (χ1) is 17.2. The molecule has 2 fully saturated rings. The Morgan fingerprint density at radius 2 is 1.89 bits per heavy atom. The first-order valence-corrected chi connectivity index (χ1v) is 13.9. The van der Waals surface area contributed by atoms with Crippen molar-refractivity contribution in [1.29, 1.82) is 0 Å². The second kappa shape index (κ2) is 11.3. The van der Waals surface area contributed by atoms with Crippen LogP contribution in [0.25, 0.3) is 0 Å². The minimum absolute atomic E-state index is 0.0872. The lowest BCUT2D eigenvalue weighted by molar-refractivity contribution is 0.0595. The summed E-state index contributed by atoms with van der Waals surface area (Å²) in [6.07, 6.45) is 4.52. The number of piperidine rings is 1. The van der Waals surface area contributed by atoms with Gasteiger partial charge in [-0.15, -0.1) is 0 Å². The number of ether oxygens (including phenoxy) is 1. The van der Waals surface area contributed by atoms with Crippen LogP contribution in [0.3, 0.4) is 0 Å². The van der Waals surface area contributed by atoms with Gasteiger partial charge in [-0.05, 0) is 55.9 Å². The molecule has 1 N–H and O–H groups in total. The number of aromatic nitrogens is 2. The average molecular weight is 538 g/mol. The smallest absolute Gasteiger partial charge is 0.287 e. The summed E-state index contributed by atoms with van der Waals surface area (Å²) in [7, 11) is -0.438. The maximum atomic E-state index is 13.1. The van der Waals surface area contributed by atoms with E-state index >= 15 is 0 Å². The summed E-state index contributed by atoms with van der Waals surface area (Å²) in [4.78, 5) is 26.6. The zero-order chi connectivity index (χ0) is 25.9. The molecule has 36 heavy (non-hydrogen) atoms. The highest BCUT2D eigenvalue weighted by molar-refractivity contribution is 7.89. The number of sulfonamides is 1. The number of nitrogens with zero attached hydrogens (tertiary/aromatic N) is 4. The maximum Gasteiger partial charge on any atom is 0.287 e. The molecule has 3 heterocycles. The summed E-state index contributed by atoms with van der Waals surface area (Å²) in [5.41, 5.74) is 0.536. The fourth-order valence-corrected chi connectivity index (χ4v) is 6.23. The Morgan fingerprint density at radius 3 is 2.50 bits per heavy atom. The normalized spacial score (nSPS) is 19.7. The molecule has 12 heteroatoms. The average Bonchev–Trinajstić information content (AvgIpc) is 2.90. The number of hydrogen-bond donors (Lipinski definition) is 1. The summed E-state index contributed by atoms with van der Waals surface area (Å²) in [6, 6.07) is 5.70. The minimum Gasteiger partial charge on any atom is -0.382 e. The molecule has 1 aromatic heterocycles. The monoisotopic (exact) mass is 537 g/mol. The summed E-state index contributed by atoms with van der Waals surface area (Å²) < 4.78 is 34.5. The number of hydrogen-bond acceptors (Lipinski definition) is 7. The standard InChI is InChI=1S/C24H32ClN5O5S/c1-28(2)23(31)18-5-7-20(8-6-18)36(33,34)29-11-9-19(10-12-29)30-24(32)22(25)21(15-27-30)26-14-17-4-3-13-35-16-17/h5-8,15,17,19,26H,3-4,9-14,16H2,1-2H3/t17-/m1/s1. The van der Waals surface area contributed by atoms with Gasteiger partial charge in [-0.2, -0.15) is 9.40 Å². The number of carbonyl (C=O) groups is 1. The van der Waals surface area contributed by atoms with Gasteiger partial charge in [0.25, 0.3) is 11.5 Å². The van der Waals surface area contributed by atoms with Gasteiger partial charge in [-0.1, -0.05) is 11.6 Å². The van der Waals surface area contributed by atoms with Crippen LogP contribution in [0.2, 0.25) is 5.02 Å². The maximum absolute atomic E-state index is 13.1. The molecule has 0 saturated carbocycles. The number of halogens is 1. The van der Waals surface area contributed by atoms with Gasteiger partial charge in [-0.25, -0.2) is 13.1 Å². The summed E-state index contributed by atoms with van der Waals surface area (Å²) in [6.45, 7) is 2.64. The van der Waals surface area contributed by atoms with Crippen molar-refractivity contribution in [3.05, 3.63) is 51.4 Å². The first kappa shape index (κ1) is 26.6. The molecule has 0 unspecified atom stereocenters. The summed E-state index contributed by atoms with van der Waals surface area (Å²) in [5, 5.41) is 7.64. The Labute approximate surface area is 216 Å². The quantitative estimate of drug-likeness (QED) is 0.577. The molecule has 1 atom stereocenters. The van der Waals surface area contributed by atoms with Crippen LogP contribution in [0.15, 0.2) is 40.2 Å².